The van der Waals surface area contributed by atoms with E-state index in [-0.39, 0.29) is 21.1 Å². The Balaban J connectivity index is 0.00000462. The molecular weight excluding hydrogens is 916 g/mol. The van der Waals surface area contributed by atoms with E-state index in [0.29, 0.717) is 35.2 Å². The predicted octanol–water partition coefficient (Wildman–Crippen LogP) is 14.8. The van der Waals surface area contributed by atoms with Crippen LogP contribution in [0.5, 0.6) is 11.5 Å². The third-order valence-corrected chi connectivity index (χ3v) is 12.2. The average Bonchev–Trinajstić information content (AvgIpc) is 3.89. The second-order valence-electron chi connectivity index (χ2n) is 17.2. The molecule has 0 saturated heterocycles. The Kier molecular flexibility index (Phi) is 10.2. The van der Waals surface area contributed by atoms with Gasteiger partial charge in [0.15, 0.2) is 0 Å². The van der Waals surface area contributed by atoms with Crippen LogP contribution in [0.25, 0.3) is 77.2 Å². The molecule has 5 nitrogen and oxygen atoms in total. The van der Waals surface area contributed by atoms with Crippen LogP contribution in [-0.2, 0) is 21.1 Å². The number of hydrogen-bond acceptors (Lipinski definition) is 3. The van der Waals surface area contributed by atoms with E-state index in [4.69, 9.17) is 14.7 Å². The zero-order valence-electron chi connectivity index (χ0n) is 35.4. The largest absolute Gasteiger partial charge is 2.00 e. The zero-order chi connectivity index (χ0) is 40.7. The minimum absolute atomic E-state index is 0. The predicted molar refractivity (Wildman–Crippen MR) is 245 cm³/mol. The zero-order valence-corrected chi connectivity index (χ0v) is 37.6. The summed E-state index contributed by atoms with van der Waals surface area (Å²) in [7, 11) is 0. The van der Waals surface area contributed by atoms with Crippen molar-refractivity contribution in [1.82, 2.24) is 18.8 Å². The molecule has 0 bridgehead atoms. The summed E-state index contributed by atoms with van der Waals surface area (Å²) in [5, 5.41) is 6.29. The summed E-state index contributed by atoms with van der Waals surface area (Å²) < 4.78 is 11.4. The van der Waals surface area contributed by atoms with E-state index in [9.17, 15) is 0 Å². The summed E-state index contributed by atoms with van der Waals surface area (Å²) in [6.45, 7) is 18.2. The standard InChI is InChI=1S/C54H48N4O.Pt/c1-31(2)37-17-13-18-38(32(3)4)51(37)49-29-55-53-45-27-35(23-25-41(45)43-15-9-11-21-47(43)57(49)53)59-36-24-26-42-44-16-10-12-22-48(44)58-50(30-56-54(58)46(42)28-36)52-39(33(5)6)19-14-20-40(52)34(7)8;/h9-26,29-34H,1-8H3;/q-2;+2. The monoisotopic (exact) mass is 963 g/mol. The van der Waals surface area contributed by atoms with Crippen LogP contribution in [0.15, 0.2) is 122 Å². The van der Waals surface area contributed by atoms with Gasteiger partial charge >= 0.3 is 21.1 Å². The van der Waals surface area contributed by atoms with E-state index < -0.39 is 0 Å². The van der Waals surface area contributed by atoms with Crippen LogP contribution in [0, 0.1) is 12.1 Å². The number of rotatable bonds is 8. The van der Waals surface area contributed by atoms with E-state index in [1.165, 1.54) is 33.4 Å². The molecular formula is C54H48N4OPt. The SMILES string of the molecule is CC(C)c1cccc(C(C)C)c1-c1cnc2c3[c-]c(Oc4[c-]c5c(cc4)c4ccccc4n4c(-c6c(C(C)C)cccc6C(C)C)cnc54)ccc3c3ccccc3n12.[Pt+2]. The summed E-state index contributed by atoms with van der Waals surface area (Å²) in [5.41, 5.74) is 14.0. The summed E-state index contributed by atoms with van der Waals surface area (Å²) in [6, 6.07) is 46.3. The Morgan fingerprint density at radius 2 is 0.800 bits per heavy atom. The summed E-state index contributed by atoms with van der Waals surface area (Å²) in [6.07, 6.45) is 4.09. The maximum atomic E-state index is 6.72. The van der Waals surface area contributed by atoms with E-state index in [0.717, 1.165) is 66.0 Å². The molecule has 0 radical (unpaired) electrons. The van der Waals surface area contributed by atoms with Crippen LogP contribution in [0.4, 0.5) is 0 Å². The Labute approximate surface area is 366 Å². The van der Waals surface area contributed by atoms with Crippen LogP contribution in [0.2, 0.25) is 0 Å². The van der Waals surface area contributed by atoms with Gasteiger partial charge in [-0.15, -0.1) is 12.1 Å². The van der Waals surface area contributed by atoms with Gasteiger partial charge in [0.1, 0.15) is 0 Å². The molecule has 10 aromatic rings. The molecule has 60 heavy (non-hydrogen) atoms. The number of fused-ring (bicyclic) bond motifs is 12. The normalized spacial score (nSPS) is 12.1. The average molecular weight is 964 g/mol. The molecule has 0 saturated carbocycles. The Morgan fingerprint density at radius 3 is 1.17 bits per heavy atom. The van der Waals surface area contributed by atoms with Crippen LogP contribution in [0.1, 0.15) is 101 Å². The van der Waals surface area contributed by atoms with Gasteiger partial charge < -0.3 is 13.5 Å². The molecule has 0 aliphatic heterocycles. The van der Waals surface area contributed by atoms with Gasteiger partial charge in [-0.2, -0.15) is 0 Å². The Hall–Kier alpha value is -5.77. The van der Waals surface area contributed by atoms with Gasteiger partial charge in [-0.3, -0.25) is 9.97 Å². The molecule has 4 heterocycles. The molecule has 0 aliphatic carbocycles. The molecule has 6 aromatic carbocycles. The summed E-state index contributed by atoms with van der Waals surface area (Å²) in [4.78, 5) is 10.3. The van der Waals surface area contributed by atoms with Crippen LogP contribution in [-0.4, -0.2) is 18.8 Å². The molecule has 6 heteroatoms. The van der Waals surface area contributed by atoms with Crippen molar-refractivity contribution in [3.05, 3.63) is 156 Å². The maximum absolute atomic E-state index is 6.72. The molecule has 300 valence electrons. The quantitative estimate of drug-likeness (QED) is 0.113. The van der Waals surface area contributed by atoms with Gasteiger partial charge in [-0.05, 0) is 68.8 Å². The van der Waals surface area contributed by atoms with Crippen LogP contribution < -0.4 is 4.74 Å². The van der Waals surface area contributed by atoms with Gasteiger partial charge in [0.05, 0.1) is 22.7 Å². The Morgan fingerprint density at radius 1 is 0.433 bits per heavy atom. The number of hydrogen-bond donors (Lipinski definition) is 0. The number of para-hydroxylation sites is 2. The van der Waals surface area contributed by atoms with Crippen molar-refractivity contribution in [2.45, 2.75) is 79.1 Å². The maximum Gasteiger partial charge on any atom is 2.00 e. The number of ether oxygens (including phenoxy) is 1. The van der Waals surface area contributed by atoms with Crippen molar-refractivity contribution in [3.8, 4) is 34.0 Å². The number of pyridine rings is 2. The number of benzene rings is 6. The topological polar surface area (TPSA) is 43.8 Å². The van der Waals surface area contributed by atoms with Crippen molar-refractivity contribution in [2.75, 3.05) is 0 Å². The fraction of sp³-hybridized carbons (Fsp3) is 0.222. The first-order valence-electron chi connectivity index (χ1n) is 21.0. The molecule has 10 rings (SSSR count). The summed E-state index contributed by atoms with van der Waals surface area (Å²) >= 11 is 0. The first kappa shape index (κ1) is 39.7. The van der Waals surface area contributed by atoms with E-state index in [2.05, 4.69) is 173 Å². The van der Waals surface area contributed by atoms with Gasteiger partial charge in [0.2, 0.25) is 0 Å². The van der Waals surface area contributed by atoms with Gasteiger partial charge in [0, 0.05) is 46.1 Å². The van der Waals surface area contributed by atoms with Gasteiger partial charge in [0.25, 0.3) is 0 Å². The van der Waals surface area contributed by atoms with Gasteiger partial charge in [-0.1, -0.05) is 174 Å². The third-order valence-electron chi connectivity index (χ3n) is 12.2. The molecule has 0 amide bonds. The molecule has 0 atom stereocenters. The van der Waals surface area contributed by atoms with Gasteiger partial charge in [-0.25, -0.2) is 0 Å². The van der Waals surface area contributed by atoms with E-state index >= 15 is 0 Å². The number of imidazole rings is 2. The van der Waals surface area contributed by atoms with E-state index in [1.54, 1.807) is 0 Å². The van der Waals surface area contributed by atoms with Crippen molar-refractivity contribution < 1.29 is 25.8 Å². The third kappa shape index (κ3) is 6.24. The Bertz CT molecular complexity index is 3010. The first-order chi connectivity index (χ1) is 28.6. The van der Waals surface area contributed by atoms with Crippen molar-refractivity contribution in [2.24, 2.45) is 0 Å². The van der Waals surface area contributed by atoms with Crippen LogP contribution in [0.3, 0.4) is 0 Å². The van der Waals surface area contributed by atoms with Crippen LogP contribution >= 0.6 is 0 Å². The second-order valence-corrected chi connectivity index (χ2v) is 17.2. The van der Waals surface area contributed by atoms with Crippen molar-refractivity contribution in [3.63, 3.8) is 0 Å². The minimum Gasteiger partial charge on any atom is -0.497 e. The van der Waals surface area contributed by atoms with Crippen molar-refractivity contribution in [1.29, 1.82) is 0 Å². The first-order valence-corrected chi connectivity index (χ1v) is 21.0. The van der Waals surface area contributed by atoms with E-state index in [1.807, 2.05) is 24.5 Å². The molecule has 0 fully saturated rings. The molecule has 0 aliphatic rings. The number of nitrogens with zero attached hydrogens (tertiary/aromatic N) is 4. The molecule has 0 N–H and O–H groups in total. The van der Waals surface area contributed by atoms with Crippen molar-refractivity contribution >= 4 is 54.6 Å². The molecule has 0 spiro atoms. The second kappa shape index (κ2) is 15.4. The fourth-order valence-electron chi connectivity index (χ4n) is 9.37. The summed E-state index contributed by atoms with van der Waals surface area (Å²) in [5.74, 6) is 2.62. The minimum atomic E-state index is 0. The molecule has 0 unspecified atom stereocenters. The molecule has 4 aromatic heterocycles. The number of aromatic nitrogens is 4. The smallest absolute Gasteiger partial charge is 0.497 e. The fourth-order valence-corrected chi connectivity index (χ4v) is 9.37.